The largest absolute Gasteiger partial charge is 0.130 e. The molecule has 0 saturated heterocycles. The van der Waals surface area contributed by atoms with Crippen LogP contribution >= 0.6 is 27.7 Å². The summed E-state index contributed by atoms with van der Waals surface area (Å²) in [5, 5.41) is 0. The van der Waals surface area contributed by atoms with Gasteiger partial charge in [-0.2, -0.15) is 0 Å². The molecule has 0 nitrogen and oxygen atoms in total. The third-order valence-electron chi connectivity index (χ3n) is 1.71. The number of allylic oxidation sites excluding steroid dienone is 1. The molecular formula is C10H11BrS. The van der Waals surface area contributed by atoms with Crippen molar-refractivity contribution in [2.45, 2.75) is 11.8 Å². The summed E-state index contributed by atoms with van der Waals surface area (Å²) in [6, 6.07) is 8.55. The lowest BCUT2D eigenvalue weighted by atomic mass is 10.1. The summed E-state index contributed by atoms with van der Waals surface area (Å²) < 4.78 is 0. The van der Waals surface area contributed by atoms with E-state index >= 15 is 0 Å². The van der Waals surface area contributed by atoms with Gasteiger partial charge in [0.1, 0.15) is 0 Å². The predicted octanol–water partition coefficient (Wildman–Crippen LogP) is 4.16. The molecular weight excluding hydrogens is 232 g/mol. The SMILES string of the molecule is CSc1ccc(/C(C)=C/Br)cc1. The zero-order valence-electron chi connectivity index (χ0n) is 7.17. The van der Waals surface area contributed by atoms with Crippen LogP contribution in [0.5, 0.6) is 0 Å². The molecule has 0 heterocycles. The third-order valence-corrected chi connectivity index (χ3v) is 3.14. The lowest BCUT2D eigenvalue weighted by Crippen LogP contribution is -1.77. The third kappa shape index (κ3) is 2.39. The monoisotopic (exact) mass is 242 g/mol. The minimum Gasteiger partial charge on any atom is -0.130 e. The Hall–Kier alpha value is -0.210. The van der Waals surface area contributed by atoms with E-state index < -0.39 is 0 Å². The molecule has 1 aromatic carbocycles. The molecule has 0 bridgehead atoms. The van der Waals surface area contributed by atoms with Crippen molar-refractivity contribution >= 4 is 33.3 Å². The first-order valence-electron chi connectivity index (χ1n) is 3.69. The minimum atomic E-state index is 1.25. The first-order chi connectivity index (χ1) is 5.77. The van der Waals surface area contributed by atoms with Crippen LogP contribution in [0.25, 0.3) is 5.57 Å². The van der Waals surface area contributed by atoms with E-state index in [4.69, 9.17) is 0 Å². The molecule has 2 heteroatoms. The first kappa shape index (κ1) is 9.87. The number of hydrogen-bond acceptors (Lipinski definition) is 1. The Morgan fingerprint density at radius 2 is 1.92 bits per heavy atom. The van der Waals surface area contributed by atoms with E-state index in [-0.39, 0.29) is 0 Å². The zero-order valence-corrected chi connectivity index (χ0v) is 9.58. The van der Waals surface area contributed by atoms with Crippen molar-refractivity contribution in [1.29, 1.82) is 0 Å². The molecule has 0 saturated carbocycles. The van der Waals surface area contributed by atoms with Crippen LogP contribution in [-0.2, 0) is 0 Å². The molecule has 0 N–H and O–H groups in total. The molecule has 0 radical (unpaired) electrons. The highest BCUT2D eigenvalue weighted by Gasteiger charge is 1.94. The predicted molar refractivity (Wildman–Crippen MR) is 60.8 cm³/mol. The standard InChI is InChI=1S/C10H11BrS/c1-8(7-11)9-3-5-10(12-2)6-4-9/h3-7H,1-2H3/b8-7+. The lowest BCUT2D eigenvalue weighted by molar-refractivity contribution is 1.43. The van der Waals surface area contributed by atoms with Gasteiger partial charge in [0.05, 0.1) is 0 Å². The van der Waals surface area contributed by atoms with E-state index in [1.165, 1.54) is 16.0 Å². The van der Waals surface area contributed by atoms with Crippen LogP contribution in [0, 0.1) is 0 Å². The van der Waals surface area contributed by atoms with Crippen LogP contribution in [-0.4, -0.2) is 6.26 Å². The Morgan fingerprint density at radius 1 is 1.33 bits per heavy atom. The molecule has 0 fully saturated rings. The van der Waals surface area contributed by atoms with Gasteiger partial charge in [-0.15, -0.1) is 11.8 Å². The lowest BCUT2D eigenvalue weighted by Gasteiger charge is -2.00. The fraction of sp³-hybridized carbons (Fsp3) is 0.200. The number of benzene rings is 1. The average molecular weight is 243 g/mol. The minimum absolute atomic E-state index is 1.25. The summed E-state index contributed by atoms with van der Waals surface area (Å²) in [7, 11) is 0. The van der Waals surface area contributed by atoms with E-state index in [0.29, 0.717) is 0 Å². The fourth-order valence-corrected chi connectivity index (χ4v) is 1.59. The van der Waals surface area contributed by atoms with E-state index in [1.54, 1.807) is 11.8 Å². The second kappa shape index (κ2) is 4.73. The molecule has 0 unspecified atom stereocenters. The van der Waals surface area contributed by atoms with Crippen LogP contribution in [0.3, 0.4) is 0 Å². The van der Waals surface area contributed by atoms with Gasteiger partial charge in [0.25, 0.3) is 0 Å². The molecule has 0 aromatic heterocycles. The van der Waals surface area contributed by atoms with Crippen LogP contribution < -0.4 is 0 Å². The summed E-state index contributed by atoms with van der Waals surface area (Å²) >= 11 is 5.09. The molecule has 0 aliphatic heterocycles. The van der Waals surface area contributed by atoms with E-state index in [2.05, 4.69) is 53.4 Å². The Labute approximate surface area is 86.2 Å². The highest BCUT2D eigenvalue weighted by molar-refractivity contribution is 9.11. The molecule has 1 rings (SSSR count). The van der Waals surface area contributed by atoms with Crippen molar-refractivity contribution in [2.24, 2.45) is 0 Å². The molecule has 12 heavy (non-hydrogen) atoms. The maximum atomic E-state index is 3.32. The molecule has 0 atom stereocenters. The van der Waals surface area contributed by atoms with Gasteiger partial charge in [0.2, 0.25) is 0 Å². The average Bonchev–Trinajstić information content (AvgIpc) is 2.17. The summed E-state index contributed by atoms with van der Waals surface area (Å²) in [4.78, 5) is 3.25. The fourth-order valence-electron chi connectivity index (χ4n) is 0.917. The Balaban J connectivity index is 2.92. The molecule has 0 spiro atoms. The molecule has 64 valence electrons. The Kier molecular flexibility index (Phi) is 3.89. The zero-order chi connectivity index (χ0) is 8.97. The molecule has 1 aromatic rings. The topological polar surface area (TPSA) is 0 Å². The highest BCUT2D eigenvalue weighted by atomic mass is 79.9. The van der Waals surface area contributed by atoms with Gasteiger partial charge in [-0.25, -0.2) is 0 Å². The van der Waals surface area contributed by atoms with Gasteiger partial charge >= 0.3 is 0 Å². The van der Waals surface area contributed by atoms with Crippen molar-refractivity contribution in [3.05, 3.63) is 34.8 Å². The van der Waals surface area contributed by atoms with E-state index in [9.17, 15) is 0 Å². The second-order valence-electron chi connectivity index (χ2n) is 2.52. The van der Waals surface area contributed by atoms with Crippen LogP contribution in [0.1, 0.15) is 12.5 Å². The normalized spacial score (nSPS) is 11.8. The van der Waals surface area contributed by atoms with Gasteiger partial charge in [0, 0.05) is 4.90 Å². The number of hydrogen-bond donors (Lipinski definition) is 0. The maximum absolute atomic E-state index is 3.32. The van der Waals surface area contributed by atoms with Crippen molar-refractivity contribution in [3.63, 3.8) is 0 Å². The van der Waals surface area contributed by atoms with Crippen LogP contribution in [0.4, 0.5) is 0 Å². The van der Waals surface area contributed by atoms with Crippen molar-refractivity contribution < 1.29 is 0 Å². The van der Waals surface area contributed by atoms with Crippen LogP contribution in [0.15, 0.2) is 34.1 Å². The summed E-state index contributed by atoms with van der Waals surface area (Å²) in [6.07, 6.45) is 2.09. The second-order valence-corrected chi connectivity index (χ2v) is 3.86. The van der Waals surface area contributed by atoms with Gasteiger partial charge in [0.15, 0.2) is 0 Å². The number of rotatable bonds is 2. The van der Waals surface area contributed by atoms with E-state index in [0.717, 1.165) is 0 Å². The van der Waals surface area contributed by atoms with Crippen molar-refractivity contribution in [2.75, 3.05) is 6.26 Å². The van der Waals surface area contributed by atoms with Gasteiger partial charge in [-0.1, -0.05) is 28.1 Å². The molecule has 0 amide bonds. The summed E-state index contributed by atoms with van der Waals surface area (Å²) in [6.45, 7) is 2.09. The summed E-state index contributed by atoms with van der Waals surface area (Å²) in [5.74, 6) is 0. The smallest absolute Gasteiger partial charge is 0.00695 e. The van der Waals surface area contributed by atoms with Gasteiger partial charge in [-0.3, -0.25) is 0 Å². The highest BCUT2D eigenvalue weighted by Crippen LogP contribution is 2.19. The molecule has 0 aliphatic rings. The van der Waals surface area contributed by atoms with Crippen LogP contribution in [0.2, 0.25) is 0 Å². The molecule has 0 aliphatic carbocycles. The number of halogens is 1. The maximum Gasteiger partial charge on any atom is 0.00695 e. The quantitative estimate of drug-likeness (QED) is 0.702. The first-order valence-corrected chi connectivity index (χ1v) is 5.83. The van der Waals surface area contributed by atoms with Gasteiger partial charge in [-0.05, 0) is 41.4 Å². The Bertz CT molecular complexity index is 274. The van der Waals surface area contributed by atoms with Crippen molar-refractivity contribution in [3.8, 4) is 0 Å². The van der Waals surface area contributed by atoms with Gasteiger partial charge < -0.3 is 0 Å². The Morgan fingerprint density at radius 3 is 2.33 bits per heavy atom. The van der Waals surface area contributed by atoms with Crippen molar-refractivity contribution in [1.82, 2.24) is 0 Å². The summed E-state index contributed by atoms with van der Waals surface area (Å²) in [5.41, 5.74) is 2.52. The number of thioether (sulfide) groups is 1. The van der Waals surface area contributed by atoms with E-state index in [1.807, 2.05) is 4.99 Å².